The van der Waals surface area contributed by atoms with E-state index in [1.165, 1.54) is 0 Å². The molecule has 0 saturated carbocycles. The normalized spacial score (nSPS) is 12.2. The highest BCUT2D eigenvalue weighted by Gasteiger charge is 2.32. The molecule has 2 N–H and O–H groups in total. The van der Waals surface area contributed by atoms with E-state index in [4.69, 9.17) is 4.74 Å². The molecule has 2 amide bonds. The van der Waals surface area contributed by atoms with Gasteiger partial charge in [-0.05, 0) is 48.7 Å². The summed E-state index contributed by atoms with van der Waals surface area (Å²) >= 11 is 0. The number of anilines is 1. The molecule has 0 saturated heterocycles. The Morgan fingerprint density at radius 3 is 2.42 bits per heavy atom. The van der Waals surface area contributed by atoms with Gasteiger partial charge in [0.2, 0.25) is 0 Å². The molecule has 1 aromatic heterocycles. The fourth-order valence-electron chi connectivity index (χ4n) is 1.74. The van der Waals surface area contributed by atoms with Gasteiger partial charge in [-0.2, -0.15) is 5.10 Å². The summed E-state index contributed by atoms with van der Waals surface area (Å²) in [5.41, 5.74) is -1.75. The molecule has 1 rings (SSSR count). The summed E-state index contributed by atoms with van der Waals surface area (Å²) in [7, 11) is 3.97. The van der Waals surface area contributed by atoms with Gasteiger partial charge >= 0.3 is 6.09 Å². The minimum atomic E-state index is -1.13. The largest absolute Gasteiger partial charge is 0.444 e. The summed E-state index contributed by atoms with van der Waals surface area (Å²) in [5.74, 6) is 0.0732. The fourth-order valence-corrected chi connectivity index (χ4v) is 1.74. The van der Waals surface area contributed by atoms with Crippen LogP contribution < -0.4 is 10.6 Å². The van der Waals surface area contributed by atoms with Crippen LogP contribution in [0.1, 0.15) is 34.6 Å². The van der Waals surface area contributed by atoms with Crippen LogP contribution >= 0.6 is 0 Å². The molecule has 0 unspecified atom stereocenters. The van der Waals surface area contributed by atoms with E-state index in [2.05, 4.69) is 15.7 Å². The summed E-state index contributed by atoms with van der Waals surface area (Å²) in [6, 6.07) is 1.72. The number of carbonyl (C=O) groups excluding carboxylic acids is 2. The van der Waals surface area contributed by atoms with Crippen LogP contribution in [0.25, 0.3) is 0 Å². The van der Waals surface area contributed by atoms with Crippen LogP contribution in [0.4, 0.5) is 10.6 Å². The van der Waals surface area contributed by atoms with Crippen molar-refractivity contribution in [3.05, 3.63) is 12.3 Å². The van der Waals surface area contributed by atoms with Gasteiger partial charge in [-0.1, -0.05) is 0 Å². The lowest BCUT2D eigenvalue weighted by atomic mass is 10.1. The van der Waals surface area contributed by atoms with Crippen molar-refractivity contribution < 1.29 is 14.3 Å². The van der Waals surface area contributed by atoms with Crippen molar-refractivity contribution >= 4 is 17.8 Å². The minimum Gasteiger partial charge on any atom is -0.444 e. The SMILES string of the molecule is CN(C)CCn1ccc(NC(=O)C(C)(C)NC(=O)OC(C)(C)C)n1. The molecular formula is C16H29N5O3. The van der Waals surface area contributed by atoms with E-state index in [9.17, 15) is 9.59 Å². The average molecular weight is 339 g/mol. The quantitative estimate of drug-likeness (QED) is 0.823. The van der Waals surface area contributed by atoms with Crippen molar-refractivity contribution in [2.24, 2.45) is 0 Å². The highest BCUT2D eigenvalue weighted by Crippen LogP contribution is 2.12. The Bertz CT molecular complexity index is 573. The molecule has 8 heteroatoms. The zero-order chi connectivity index (χ0) is 18.5. The molecule has 1 aromatic rings. The molecule has 8 nitrogen and oxygen atoms in total. The highest BCUT2D eigenvalue weighted by molar-refractivity contribution is 5.98. The van der Waals surface area contributed by atoms with Crippen LogP contribution in [0.15, 0.2) is 12.3 Å². The molecule has 0 aromatic carbocycles. The predicted molar refractivity (Wildman–Crippen MR) is 92.9 cm³/mol. The molecule has 0 atom stereocenters. The van der Waals surface area contributed by atoms with Gasteiger partial charge in [0, 0.05) is 18.8 Å². The van der Waals surface area contributed by atoms with E-state index < -0.39 is 17.2 Å². The smallest absolute Gasteiger partial charge is 0.408 e. The van der Waals surface area contributed by atoms with Crippen LogP contribution in [0.3, 0.4) is 0 Å². The number of nitrogens with one attached hydrogen (secondary N) is 2. The van der Waals surface area contributed by atoms with Crippen molar-refractivity contribution in [2.45, 2.75) is 52.3 Å². The topological polar surface area (TPSA) is 88.5 Å². The van der Waals surface area contributed by atoms with Crippen molar-refractivity contribution in [3.8, 4) is 0 Å². The number of hydrogen-bond donors (Lipinski definition) is 2. The molecule has 0 bridgehead atoms. The molecule has 0 aliphatic carbocycles. The first kappa shape index (κ1) is 20.0. The van der Waals surface area contributed by atoms with Crippen LogP contribution in [0, 0.1) is 0 Å². The summed E-state index contributed by atoms with van der Waals surface area (Å²) < 4.78 is 6.93. The van der Waals surface area contributed by atoms with E-state index >= 15 is 0 Å². The maximum Gasteiger partial charge on any atom is 0.408 e. The lowest BCUT2D eigenvalue weighted by Gasteiger charge is -2.27. The Morgan fingerprint density at radius 2 is 1.88 bits per heavy atom. The van der Waals surface area contributed by atoms with Crippen molar-refractivity contribution in [3.63, 3.8) is 0 Å². The van der Waals surface area contributed by atoms with Gasteiger partial charge in [0.25, 0.3) is 5.91 Å². The first-order chi connectivity index (χ1) is 10.9. The summed E-state index contributed by atoms with van der Waals surface area (Å²) in [5, 5.41) is 9.56. The van der Waals surface area contributed by atoms with Gasteiger partial charge in [0.15, 0.2) is 5.82 Å². The maximum absolute atomic E-state index is 12.4. The number of ether oxygens (including phenoxy) is 1. The van der Waals surface area contributed by atoms with Gasteiger partial charge in [0.05, 0.1) is 6.54 Å². The summed E-state index contributed by atoms with van der Waals surface area (Å²) in [6.45, 7) is 10.1. The molecule has 136 valence electrons. The van der Waals surface area contributed by atoms with E-state index in [1.807, 2.05) is 19.0 Å². The number of nitrogens with zero attached hydrogens (tertiary/aromatic N) is 3. The molecule has 0 aliphatic rings. The average Bonchev–Trinajstić information content (AvgIpc) is 2.80. The number of carbonyl (C=O) groups is 2. The van der Waals surface area contributed by atoms with E-state index in [0.717, 1.165) is 13.1 Å². The molecule has 0 aliphatic heterocycles. The number of likely N-dealkylation sites (N-methyl/N-ethyl adjacent to an activating group) is 1. The molecule has 0 spiro atoms. The second-order valence-electron chi connectivity index (χ2n) is 7.47. The van der Waals surface area contributed by atoms with E-state index in [-0.39, 0.29) is 5.91 Å². The second kappa shape index (κ2) is 7.65. The van der Waals surface area contributed by atoms with Gasteiger partial charge in [0.1, 0.15) is 11.1 Å². The van der Waals surface area contributed by atoms with Gasteiger partial charge in [-0.3, -0.25) is 9.48 Å². The Labute approximate surface area is 143 Å². The fraction of sp³-hybridized carbons (Fsp3) is 0.688. The predicted octanol–water partition coefficient (Wildman–Crippen LogP) is 1.69. The minimum absolute atomic E-state index is 0.369. The van der Waals surface area contributed by atoms with Crippen LogP contribution in [0.5, 0.6) is 0 Å². The molecule has 24 heavy (non-hydrogen) atoms. The van der Waals surface area contributed by atoms with Crippen LogP contribution in [-0.4, -0.2) is 58.5 Å². The number of rotatable bonds is 6. The Kier molecular flexibility index (Phi) is 6.36. The maximum atomic E-state index is 12.4. The third-order valence-electron chi connectivity index (χ3n) is 3.04. The lowest BCUT2D eigenvalue weighted by molar-refractivity contribution is -0.121. The summed E-state index contributed by atoms with van der Waals surface area (Å²) in [4.78, 5) is 26.3. The van der Waals surface area contributed by atoms with Gasteiger partial charge < -0.3 is 20.3 Å². The molecular weight excluding hydrogens is 310 g/mol. The monoisotopic (exact) mass is 339 g/mol. The zero-order valence-electron chi connectivity index (χ0n) is 15.6. The molecule has 1 heterocycles. The number of amides is 2. The highest BCUT2D eigenvalue weighted by atomic mass is 16.6. The Hall–Kier alpha value is -2.09. The first-order valence-electron chi connectivity index (χ1n) is 7.90. The summed E-state index contributed by atoms with van der Waals surface area (Å²) in [6.07, 6.45) is 1.16. The number of alkyl carbamates (subject to hydrolysis) is 1. The first-order valence-corrected chi connectivity index (χ1v) is 7.90. The van der Waals surface area contributed by atoms with Gasteiger partial charge in [-0.25, -0.2) is 4.79 Å². The van der Waals surface area contributed by atoms with Crippen molar-refractivity contribution in [2.75, 3.05) is 26.0 Å². The second-order valence-corrected chi connectivity index (χ2v) is 7.47. The van der Waals surface area contributed by atoms with Crippen LogP contribution in [0.2, 0.25) is 0 Å². The van der Waals surface area contributed by atoms with Crippen LogP contribution in [-0.2, 0) is 16.1 Å². The number of hydrogen-bond acceptors (Lipinski definition) is 5. The third kappa shape index (κ3) is 6.99. The van der Waals surface area contributed by atoms with Gasteiger partial charge in [-0.15, -0.1) is 0 Å². The Balaban J connectivity index is 2.60. The third-order valence-corrected chi connectivity index (χ3v) is 3.04. The zero-order valence-corrected chi connectivity index (χ0v) is 15.6. The lowest BCUT2D eigenvalue weighted by Crippen LogP contribution is -2.53. The van der Waals surface area contributed by atoms with E-state index in [1.54, 1.807) is 51.6 Å². The molecule has 0 radical (unpaired) electrons. The standard InChI is InChI=1S/C16H29N5O3/c1-15(2,3)24-14(23)18-16(4,5)13(22)17-12-8-9-21(19-12)11-10-20(6)7/h8-9H,10-11H2,1-7H3,(H,18,23)(H,17,19,22). The molecule has 0 fully saturated rings. The van der Waals surface area contributed by atoms with Crippen molar-refractivity contribution in [1.29, 1.82) is 0 Å². The Morgan fingerprint density at radius 1 is 1.25 bits per heavy atom. The van der Waals surface area contributed by atoms with E-state index in [0.29, 0.717) is 5.82 Å². The van der Waals surface area contributed by atoms with Crippen molar-refractivity contribution in [1.82, 2.24) is 20.0 Å². The number of aromatic nitrogens is 2.